The first-order valence-corrected chi connectivity index (χ1v) is 3.75. The van der Waals surface area contributed by atoms with Crippen molar-refractivity contribution in [2.45, 2.75) is 25.8 Å². The molecule has 0 aromatic rings. The summed E-state index contributed by atoms with van der Waals surface area (Å²) in [4.78, 5) is 10.8. The van der Waals surface area contributed by atoms with Gasteiger partial charge in [0.15, 0.2) is 0 Å². The molecule has 0 saturated carbocycles. The van der Waals surface area contributed by atoms with Crippen LogP contribution in [0.4, 0.5) is 0 Å². The SMILES string of the molecule is CC1CCN(N)C1(C)C(=O)O.[H-].[Na+]. The Morgan fingerprint density at radius 3 is 2.50 bits per heavy atom. The molecule has 5 heteroatoms. The zero-order valence-electron chi connectivity index (χ0n) is 8.87. The summed E-state index contributed by atoms with van der Waals surface area (Å²) in [6.07, 6.45) is 0.860. The third-order valence-electron chi connectivity index (χ3n) is 2.79. The van der Waals surface area contributed by atoms with E-state index in [-0.39, 0.29) is 36.9 Å². The molecule has 1 saturated heterocycles. The molecule has 0 aromatic heterocycles. The summed E-state index contributed by atoms with van der Waals surface area (Å²) in [5.41, 5.74) is -0.861. The molecule has 1 fully saturated rings. The smallest absolute Gasteiger partial charge is 1.00 e. The molecule has 0 aliphatic carbocycles. The predicted molar refractivity (Wildman–Crippen MR) is 41.8 cm³/mol. The van der Waals surface area contributed by atoms with Crippen LogP contribution in [0.3, 0.4) is 0 Å². The fourth-order valence-electron chi connectivity index (χ4n) is 1.46. The van der Waals surface area contributed by atoms with Crippen LogP contribution < -0.4 is 35.4 Å². The second-order valence-electron chi connectivity index (χ2n) is 3.34. The standard InChI is InChI=1S/C7H14N2O2.Na.H/c1-5-3-4-9(8)7(5,2)6(10)11;;/h5H,3-4,8H2,1-2H3,(H,10,11);;/q;+1;-1. The Balaban J connectivity index is 0. The van der Waals surface area contributed by atoms with Crippen molar-refractivity contribution in [3.63, 3.8) is 0 Å². The number of carboxylic acids is 1. The molecule has 12 heavy (non-hydrogen) atoms. The average Bonchev–Trinajstić information content (AvgIpc) is 2.18. The van der Waals surface area contributed by atoms with E-state index in [4.69, 9.17) is 10.9 Å². The van der Waals surface area contributed by atoms with Gasteiger partial charge in [-0.05, 0) is 19.3 Å². The monoisotopic (exact) mass is 182 g/mol. The minimum atomic E-state index is -0.861. The molecule has 0 bridgehead atoms. The van der Waals surface area contributed by atoms with Crippen molar-refractivity contribution in [1.29, 1.82) is 0 Å². The molecule has 4 nitrogen and oxygen atoms in total. The molecular weight excluding hydrogens is 167 g/mol. The van der Waals surface area contributed by atoms with Crippen LogP contribution >= 0.6 is 0 Å². The summed E-state index contributed by atoms with van der Waals surface area (Å²) in [5.74, 6) is 4.86. The van der Waals surface area contributed by atoms with Crippen LogP contribution in [-0.2, 0) is 4.79 Å². The van der Waals surface area contributed by atoms with Gasteiger partial charge in [0.05, 0.1) is 0 Å². The van der Waals surface area contributed by atoms with E-state index in [0.717, 1.165) is 6.42 Å². The maximum Gasteiger partial charge on any atom is 1.00 e. The van der Waals surface area contributed by atoms with Crippen molar-refractivity contribution in [2.75, 3.05) is 6.54 Å². The number of nitrogens with two attached hydrogens (primary N) is 1. The number of hydrazine groups is 1. The minimum Gasteiger partial charge on any atom is -1.00 e. The van der Waals surface area contributed by atoms with Crippen LogP contribution in [0.1, 0.15) is 21.7 Å². The number of carboxylic acid groups (broad SMARTS) is 1. The second-order valence-corrected chi connectivity index (χ2v) is 3.34. The molecular formula is C7H15N2NaO2. The molecule has 0 radical (unpaired) electrons. The molecule has 0 aromatic carbocycles. The van der Waals surface area contributed by atoms with Gasteiger partial charge in [-0.2, -0.15) is 0 Å². The Labute approximate surface area is 95.8 Å². The van der Waals surface area contributed by atoms with Gasteiger partial charge >= 0.3 is 35.5 Å². The van der Waals surface area contributed by atoms with Gasteiger partial charge in [0, 0.05) is 6.54 Å². The Morgan fingerprint density at radius 2 is 2.33 bits per heavy atom. The van der Waals surface area contributed by atoms with E-state index >= 15 is 0 Å². The predicted octanol–water partition coefficient (Wildman–Crippen LogP) is -2.84. The van der Waals surface area contributed by atoms with E-state index in [0.29, 0.717) is 6.54 Å². The van der Waals surface area contributed by atoms with Crippen LogP contribution in [0.25, 0.3) is 0 Å². The first-order chi connectivity index (χ1) is 4.99. The summed E-state index contributed by atoms with van der Waals surface area (Å²) in [6.45, 7) is 4.26. The van der Waals surface area contributed by atoms with Crippen LogP contribution in [0.5, 0.6) is 0 Å². The average molecular weight is 182 g/mol. The summed E-state index contributed by atoms with van der Waals surface area (Å²) < 4.78 is 0. The largest absolute Gasteiger partial charge is 1.00 e. The van der Waals surface area contributed by atoms with E-state index in [1.807, 2.05) is 6.92 Å². The Hall–Kier alpha value is 0.390. The van der Waals surface area contributed by atoms with Gasteiger partial charge in [-0.3, -0.25) is 10.6 Å². The number of hydrogen-bond donors (Lipinski definition) is 2. The number of aliphatic carboxylic acids is 1. The Bertz CT molecular complexity index is 181. The van der Waals surface area contributed by atoms with Crippen molar-refractivity contribution in [3.05, 3.63) is 0 Å². The van der Waals surface area contributed by atoms with Gasteiger partial charge in [-0.25, -0.2) is 5.01 Å². The molecule has 1 heterocycles. The molecule has 1 aliphatic heterocycles. The van der Waals surface area contributed by atoms with Gasteiger partial charge in [-0.15, -0.1) is 0 Å². The molecule has 0 spiro atoms. The third kappa shape index (κ3) is 1.67. The molecule has 1 aliphatic rings. The fourth-order valence-corrected chi connectivity index (χ4v) is 1.46. The van der Waals surface area contributed by atoms with Crippen molar-refractivity contribution >= 4 is 5.97 Å². The maximum atomic E-state index is 10.8. The van der Waals surface area contributed by atoms with E-state index in [9.17, 15) is 4.79 Å². The quantitative estimate of drug-likeness (QED) is 0.339. The van der Waals surface area contributed by atoms with Crippen LogP contribution in [-0.4, -0.2) is 28.2 Å². The summed E-state index contributed by atoms with van der Waals surface area (Å²) >= 11 is 0. The van der Waals surface area contributed by atoms with Crippen molar-refractivity contribution in [1.82, 2.24) is 5.01 Å². The van der Waals surface area contributed by atoms with Gasteiger partial charge in [0.25, 0.3) is 0 Å². The summed E-state index contributed by atoms with van der Waals surface area (Å²) in [6, 6.07) is 0. The van der Waals surface area contributed by atoms with Gasteiger partial charge in [0.2, 0.25) is 0 Å². The second kappa shape index (κ2) is 4.07. The summed E-state index contributed by atoms with van der Waals surface area (Å²) in [7, 11) is 0. The first-order valence-electron chi connectivity index (χ1n) is 3.75. The molecule has 66 valence electrons. The Morgan fingerprint density at radius 1 is 1.83 bits per heavy atom. The van der Waals surface area contributed by atoms with Crippen molar-refractivity contribution in [2.24, 2.45) is 11.8 Å². The van der Waals surface area contributed by atoms with E-state index in [2.05, 4.69) is 0 Å². The molecule has 0 amide bonds. The maximum absolute atomic E-state index is 10.8. The first kappa shape index (κ1) is 12.4. The number of hydrogen-bond acceptors (Lipinski definition) is 3. The van der Waals surface area contributed by atoms with Crippen LogP contribution in [0.2, 0.25) is 0 Å². The Kier molecular flexibility index (Phi) is 4.20. The van der Waals surface area contributed by atoms with E-state index in [1.165, 1.54) is 5.01 Å². The van der Waals surface area contributed by atoms with Gasteiger partial charge in [-0.1, -0.05) is 6.92 Å². The van der Waals surface area contributed by atoms with Crippen molar-refractivity contribution < 1.29 is 40.9 Å². The van der Waals surface area contributed by atoms with Gasteiger partial charge < -0.3 is 6.53 Å². The zero-order valence-corrected chi connectivity index (χ0v) is 9.87. The van der Waals surface area contributed by atoms with E-state index in [1.54, 1.807) is 6.92 Å². The van der Waals surface area contributed by atoms with Crippen molar-refractivity contribution in [3.8, 4) is 0 Å². The number of carbonyl (C=O) groups is 1. The topological polar surface area (TPSA) is 66.6 Å². The number of nitrogens with zero attached hydrogens (tertiary/aromatic N) is 1. The summed E-state index contributed by atoms with van der Waals surface area (Å²) in [5, 5.41) is 10.3. The normalized spacial score (nSPS) is 36.1. The zero-order chi connectivity index (χ0) is 8.65. The minimum absolute atomic E-state index is 0. The van der Waals surface area contributed by atoms with Gasteiger partial charge in [0.1, 0.15) is 5.54 Å². The molecule has 2 atom stereocenters. The van der Waals surface area contributed by atoms with Crippen LogP contribution in [0.15, 0.2) is 0 Å². The number of rotatable bonds is 1. The molecule has 1 rings (SSSR count). The van der Waals surface area contributed by atoms with E-state index < -0.39 is 11.5 Å². The third-order valence-corrected chi connectivity index (χ3v) is 2.79. The van der Waals surface area contributed by atoms with Crippen LogP contribution in [0, 0.1) is 5.92 Å². The molecule has 3 N–H and O–H groups in total. The fraction of sp³-hybridized carbons (Fsp3) is 0.857. The molecule has 2 unspecified atom stereocenters.